The van der Waals surface area contributed by atoms with Crippen LogP contribution >= 0.6 is 0 Å². The van der Waals surface area contributed by atoms with Crippen LogP contribution < -0.4 is 4.74 Å². The van der Waals surface area contributed by atoms with Gasteiger partial charge in [-0.15, -0.1) is 13.2 Å². The molecule has 0 aliphatic rings. The van der Waals surface area contributed by atoms with Crippen molar-refractivity contribution in [2.75, 3.05) is 0 Å². The van der Waals surface area contributed by atoms with E-state index in [1.54, 1.807) is 6.92 Å². The molecule has 2 nitrogen and oxygen atoms in total. The molecular formula is C9H9F3O2. The van der Waals surface area contributed by atoms with Crippen LogP contribution in [-0.2, 0) is 0 Å². The first-order chi connectivity index (χ1) is 6.31. The third kappa shape index (κ3) is 2.31. The first kappa shape index (κ1) is 10.7. The summed E-state index contributed by atoms with van der Waals surface area (Å²) in [6.45, 7) is 3.21. The van der Waals surface area contributed by atoms with Gasteiger partial charge in [0.05, 0.1) is 0 Å². The molecule has 14 heavy (non-hydrogen) atoms. The van der Waals surface area contributed by atoms with E-state index in [2.05, 4.69) is 4.74 Å². The molecule has 1 N–H and O–H groups in total. The lowest BCUT2D eigenvalue weighted by molar-refractivity contribution is -0.275. The second-order valence-electron chi connectivity index (χ2n) is 2.90. The molecule has 0 unspecified atom stereocenters. The predicted molar refractivity (Wildman–Crippen MR) is 44.3 cm³/mol. The first-order valence-electron chi connectivity index (χ1n) is 3.86. The van der Waals surface area contributed by atoms with E-state index in [1.807, 2.05) is 0 Å². The van der Waals surface area contributed by atoms with Crippen LogP contribution in [0.4, 0.5) is 13.2 Å². The van der Waals surface area contributed by atoms with Gasteiger partial charge in [-0.05, 0) is 31.0 Å². The highest BCUT2D eigenvalue weighted by Crippen LogP contribution is 2.34. The van der Waals surface area contributed by atoms with E-state index in [0.29, 0.717) is 11.1 Å². The van der Waals surface area contributed by atoms with Crippen molar-refractivity contribution in [2.24, 2.45) is 0 Å². The van der Waals surface area contributed by atoms with E-state index >= 15 is 0 Å². The van der Waals surface area contributed by atoms with Gasteiger partial charge in [-0.1, -0.05) is 6.07 Å². The van der Waals surface area contributed by atoms with Gasteiger partial charge < -0.3 is 9.84 Å². The quantitative estimate of drug-likeness (QED) is 0.765. The molecule has 0 atom stereocenters. The molecule has 0 bridgehead atoms. The molecule has 0 amide bonds. The van der Waals surface area contributed by atoms with Crippen LogP contribution in [0, 0.1) is 13.8 Å². The average Bonchev–Trinajstić information content (AvgIpc) is 2.04. The third-order valence-corrected chi connectivity index (χ3v) is 1.89. The molecule has 5 heteroatoms. The molecule has 0 saturated heterocycles. The maximum Gasteiger partial charge on any atom is 0.573 e. The van der Waals surface area contributed by atoms with E-state index in [-0.39, 0.29) is 0 Å². The Balaban J connectivity index is 3.06. The fourth-order valence-corrected chi connectivity index (χ4v) is 0.983. The summed E-state index contributed by atoms with van der Waals surface area (Å²) in [5.41, 5.74) is 1.09. The van der Waals surface area contributed by atoms with Crippen LogP contribution in [0.1, 0.15) is 11.1 Å². The lowest BCUT2D eigenvalue weighted by Crippen LogP contribution is -2.17. The fourth-order valence-electron chi connectivity index (χ4n) is 0.983. The standard InChI is InChI=1S/C9H9F3O2/c1-5-3-4-7(8(13)6(5)2)14-9(10,11)12/h3-4,13H,1-2H3. The first-order valence-corrected chi connectivity index (χ1v) is 3.86. The largest absolute Gasteiger partial charge is 0.573 e. The Morgan fingerprint density at radius 3 is 2.29 bits per heavy atom. The van der Waals surface area contributed by atoms with E-state index in [9.17, 15) is 18.3 Å². The summed E-state index contributed by atoms with van der Waals surface area (Å²) in [4.78, 5) is 0. The maximum absolute atomic E-state index is 11.8. The molecule has 0 fully saturated rings. The topological polar surface area (TPSA) is 29.5 Å². The van der Waals surface area contributed by atoms with E-state index < -0.39 is 17.9 Å². The van der Waals surface area contributed by atoms with Crippen LogP contribution in [0.5, 0.6) is 11.5 Å². The zero-order valence-electron chi connectivity index (χ0n) is 7.64. The molecule has 0 heterocycles. The monoisotopic (exact) mass is 206 g/mol. The number of hydrogen-bond donors (Lipinski definition) is 1. The Hall–Kier alpha value is -1.39. The highest BCUT2D eigenvalue weighted by molar-refractivity contribution is 5.48. The minimum absolute atomic E-state index is 0.381. The minimum Gasteiger partial charge on any atom is -0.504 e. The number of aromatic hydroxyl groups is 1. The average molecular weight is 206 g/mol. The van der Waals surface area contributed by atoms with Crippen LogP contribution in [0.25, 0.3) is 0 Å². The van der Waals surface area contributed by atoms with E-state index in [0.717, 1.165) is 6.07 Å². The summed E-state index contributed by atoms with van der Waals surface area (Å²) < 4.78 is 39.1. The number of benzene rings is 1. The van der Waals surface area contributed by atoms with Crippen molar-refractivity contribution in [3.63, 3.8) is 0 Å². The van der Waals surface area contributed by atoms with Gasteiger partial charge in [0.25, 0.3) is 0 Å². The van der Waals surface area contributed by atoms with Crippen molar-refractivity contribution in [2.45, 2.75) is 20.2 Å². The Labute approximate surface area is 78.9 Å². The van der Waals surface area contributed by atoms with Gasteiger partial charge >= 0.3 is 6.36 Å². The Morgan fingerprint density at radius 1 is 1.21 bits per heavy atom. The lowest BCUT2D eigenvalue weighted by Gasteiger charge is -2.12. The summed E-state index contributed by atoms with van der Waals surface area (Å²) >= 11 is 0. The van der Waals surface area contributed by atoms with Gasteiger partial charge in [0.2, 0.25) is 0 Å². The number of aryl methyl sites for hydroxylation is 1. The van der Waals surface area contributed by atoms with Gasteiger partial charge in [-0.2, -0.15) is 0 Å². The fraction of sp³-hybridized carbons (Fsp3) is 0.333. The van der Waals surface area contributed by atoms with E-state index in [1.165, 1.54) is 13.0 Å². The van der Waals surface area contributed by atoms with Crippen molar-refractivity contribution in [1.29, 1.82) is 0 Å². The summed E-state index contributed by atoms with van der Waals surface area (Å²) in [5, 5.41) is 9.32. The number of rotatable bonds is 1. The Morgan fingerprint density at radius 2 is 1.79 bits per heavy atom. The normalized spacial score (nSPS) is 11.5. The number of ether oxygens (including phenoxy) is 1. The molecular weight excluding hydrogens is 197 g/mol. The molecule has 0 saturated carbocycles. The second kappa shape index (κ2) is 3.40. The number of phenols is 1. The third-order valence-electron chi connectivity index (χ3n) is 1.89. The van der Waals surface area contributed by atoms with Gasteiger partial charge in [0.1, 0.15) is 0 Å². The van der Waals surface area contributed by atoms with Crippen molar-refractivity contribution in [3.8, 4) is 11.5 Å². The van der Waals surface area contributed by atoms with Gasteiger partial charge in [-0.25, -0.2) is 0 Å². The van der Waals surface area contributed by atoms with Crippen molar-refractivity contribution < 1.29 is 23.0 Å². The molecule has 0 radical (unpaired) electrons. The Kier molecular flexibility index (Phi) is 2.59. The second-order valence-corrected chi connectivity index (χ2v) is 2.90. The van der Waals surface area contributed by atoms with Gasteiger partial charge in [-0.3, -0.25) is 0 Å². The number of halogens is 3. The zero-order valence-corrected chi connectivity index (χ0v) is 7.64. The molecule has 1 aromatic rings. The van der Waals surface area contributed by atoms with Crippen LogP contribution in [-0.4, -0.2) is 11.5 Å². The molecule has 0 aliphatic carbocycles. The van der Waals surface area contributed by atoms with E-state index in [4.69, 9.17) is 0 Å². The number of alkyl halides is 3. The van der Waals surface area contributed by atoms with Crippen molar-refractivity contribution >= 4 is 0 Å². The minimum atomic E-state index is -4.78. The predicted octanol–water partition coefficient (Wildman–Crippen LogP) is 2.91. The molecule has 0 aliphatic heterocycles. The van der Waals surface area contributed by atoms with Crippen molar-refractivity contribution in [3.05, 3.63) is 23.3 Å². The highest BCUT2D eigenvalue weighted by atomic mass is 19.4. The molecule has 0 spiro atoms. The number of hydrogen-bond acceptors (Lipinski definition) is 2. The summed E-state index contributed by atoms with van der Waals surface area (Å²) in [5.74, 6) is -1.04. The SMILES string of the molecule is Cc1ccc(OC(F)(F)F)c(O)c1C. The molecule has 78 valence electrons. The van der Waals surface area contributed by atoms with Gasteiger partial charge in [0.15, 0.2) is 11.5 Å². The summed E-state index contributed by atoms with van der Waals surface area (Å²) in [6, 6.07) is 2.54. The zero-order chi connectivity index (χ0) is 10.9. The summed E-state index contributed by atoms with van der Waals surface area (Å²) in [6.07, 6.45) is -4.78. The lowest BCUT2D eigenvalue weighted by atomic mass is 10.1. The number of phenolic OH excluding ortho intramolecular Hbond substituents is 1. The maximum atomic E-state index is 11.8. The summed E-state index contributed by atoms with van der Waals surface area (Å²) in [7, 11) is 0. The van der Waals surface area contributed by atoms with Crippen LogP contribution in [0.3, 0.4) is 0 Å². The molecule has 1 rings (SSSR count). The van der Waals surface area contributed by atoms with Crippen LogP contribution in [0.2, 0.25) is 0 Å². The Bertz CT molecular complexity index is 345. The van der Waals surface area contributed by atoms with Gasteiger partial charge in [0, 0.05) is 0 Å². The molecule has 1 aromatic carbocycles. The van der Waals surface area contributed by atoms with Crippen molar-refractivity contribution in [1.82, 2.24) is 0 Å². The highest BCUT2D eigenvalue weighted by Gasteiger charge is 2.32. The molecule has 0 aromatic heterocycles. The smallest absolute Gasteiger partial charge is 0.504 e. The van der Waals surface area contributed by atoms with Crippen LogP contribution in [0.15, 0.2) is 12.1 Å².